The van der Waals surface area contributed by atoms with E-state index in [0.717, 1.165) is 25.9 Å². The molecule has 162 valence electrons. The Morgan fingerprint density at radius 3 is 2.27 bits per heavy atom. The van der Waals surface area contributed by atoms with Crippen LogP contribution < -0.4 is 5.32 Å². The molecule has 0 aliphatic carbocycles. The van der Waals surface area contributed by atoms with Crippen LogP contribution in [0.15, 0.2) is 30.0 Å². The van der Waals surface area contributed by atoms with E-state index < -0.39 is 0 Å². The van der Waals surface area contributed by atoms with Gasteiger partial charge in [0.15, 0.2) is 0 Å². The lowest BCUT2D eigenvalue weighted by molar-refractivity contribution is -0.138. The molecule has 0 bridgehead atoms. The third-order valence-electron chi connectivity index (χ3n) is 5.77. The second kappa shape index (κ2) is 9.00. The first-order valence-corrected chi connectivity index (χ1v) is 10.6. The van der Waals surface area contributed by atoms with Gasteiger partial charge in [0.1, 0.15) is 5.70 Å². The number of nitrogens with zero attached hydrogens (tertiary/aromatic N) is 3. The van der Waals surface area contributed by atoms with E-state index in [1.165, 1.54) is 11.8 Å². The summed E-state index contributed by atoms with van der Waals surface area (Å²) in [5.74, 6) is -0.416. The Kier molecular flexibility index (Phi) is 6.61. The molecule has 1 N–H and O–H groups in total. The first kappa shape index (κ1) is 22.0. The first-order valence-electron chi connectivity index (χ1n) is 10.6. The standard InChI is InChI=1S/C23H32N4O3/c1-15(2)14-27-22(29)20(17-6-8-18(9-7-17)24-16(3)28)21(23(27)30)26(5)19-10-12-25(4)13-11-19/h6-9,15,19H,10-14H2,1-5H3,(H,24,28). The molecule has 7 heteroatoms. The summed E-state index contributed by atoms with van der Waals surface area (Å²) in [5.41, 5.74) is 2.30. The molecule has 0 atom stereocenters. The Bertz CT molecular complexity index is 852. The summed E-state index contributed by atoms with van der Waals surface area (Å²) in [6, 6.07) is 7.35. The van der Waals surface area contributed by atoms with Gasteiger partial charge in [-0.3, -0.25) is 19.3 Å². The number of piperidine rings is 1. The van der Waals surface area contributed by atoms with Gasteiger partial charge in [0.25, 0.3) is 11.8 Å². The smallest absolute Gasteiger partial charge is 0.277 e. The van der Waals surface area contributed by atoms with Gasteiger partial charge < -0.3 is 15.1 Å². The lowest BCUT2D eigenvalue weighted by atomic mass is 10.00. The number of amides is 3. The van der Waals surface area contributed by atoms with Gasteiger partial charge in [-0.1, -0.05) is 26.0 Å². The molecular formula is C23H32N4O3. The molecule has 7 nitrogen and oxygen atoms in total. The van der Waals surface area contributed by atoms with E-state index in [4.69, 9.17) is 0 Å². The Balaban J connectivity index is 1.99. The van der Waals surface area contributed by atoms with Crippen molar-refractivity contribution in [3.8, 4) is 0 Å². The molecule has 1 aromatic rings. The number of nitrogens with one attached hydrogen (secondary N) is 1. The van der Waals surface area contributed by atoms with Gasteiger partial charge in [-0.2, -0.15) is 0 Å². The van der Waals surface area contributed by atoms with Gasteiger partial charge in [-0.05, 0) is 56.6 Å². The molecule has 30 heavy (non-hydrogen) atoms. The van der Waals surface area contributed by atoms with E-state index in [2.05, 4.69) is 17.3 Å². The number of carbonyl (C=O) groups is 3. The molecule has 0 aromatic heterocycles. The number of imide groups is 1. The zero-order valence-electron chi connectivity index (χ0n) is 18.6. The summed E-state index contributed by atoms with van der Waals surface area (Å²) in [6.07, 6.45) is 1.91. The molecule has 0 saturated carbocycles. The van der Waals surface area contributed by atoms with Crippen LogP contribution in [0.3, 0.4) is 0 Å². The molecule has 1 fully saturated rings. The van der Waals surface area contributed by atoms with Gasteiger partial charge in [-0.15, -0.1) is 0 Å². The van der Waals surface area contributed by atoms with Crippen LogP contribution >= 0.6 is 0 Å². The van der Waals surface area contributed by atoms with E-state index >= 15 is 0 Å². The van der Waals surface area contributed by atoms with Crippen molar-refractivity contribution in [2.45, 2.75) is 39.7 Å². The molecule has 3 amide bonds. The summed E-state index contributed by atoms with van der Waals surface area (Å²) < 4.78 is 0. The fourth-order valence-corrected chi connectivity index (χ4v) is 4.17. The third kappa shape index (κ3) is 4.56. The Hall–Kier alpha value is -2.67. The molecule has 0 spiro atoms. The van der Waals surface area contributed by atoms with Crippen molar-refractivity contribution in [2.24, 2.45) is 5.92 Å². The van der Waals surface area contributed by atoms with Crippen molar-refractivity contribution in [3.63, 3.8) is 0 Å². The van der Waals surface area contributed by atoms with Gasteiger partial charge in [0.2, 0.25) is 5.91 Å². The summed E-state index contributed by atoms with van der Waals surface area (Å²) in [7, 11) is 4.03. The van der Waals surface area contributed by atoms with E-state index in [-0.39, 0.29) is 29.7 Å². The van der Waals surface area contributed by atoms with Crippen molar-refractivity contribution >= 4 is 29.0 Å². The van der Waals surface area contributed by atoms with Crippen LogP contribution in [0.2, 0.25) is 0 Å². The minimum Gasteiger partial charge on any atom is -0.366 e. The highest BCUT2D eigenvalue weighted by molar-refractivity contribution is 6.35. The fourth-order valence-electron chi connectivity index (χ4n) is 4.17. The molecule has 1 aromatic carbocycles. The molecule has 3 rings (SSSR count). The van der Waals surface area contributed by atoms with Gasteiger partial charge in [-0.25, -0.2) is 0 Å². The Morgan fingerprint density at radius 2 is 1.73 bits per heavy atom. The highest BCUT2D eigenvalue weighted by atomic mass is 16.2. The summed E-state index contributed by atoms with van der Waals surface area (Å²) in [5, 5.41) is 2.73. The average molecular weight is 413 g/mol. The van der Waals surface area contributed by atoms with Crippen molar-refractivity contribution in [1.29, 1.82) is 0 Å². The van der Waals surface area contributed by atoms with E-state index in [9.17, 15) is 14.4 Å². The Morgan fingerprint density at radius 1 is 1.13 bits per heavy atom. The molecular weight excluding hydrogens is 380 g/mol. The second-order valence-electron chi connectivity index (χ2n) is 8.74. The average Bonchev–Trinajstić information content (AvgIpc) is 2.92. The number of rotatable bonds is 6. The number of likely N-dealkylation sites (N-methyl/N-ethyl adjacent to an activating group) is 1. The van der Waals surface area contributed by atoms with Crippen molar-refractivity contribution in [1.82, 2.24) is 14.7 Å². The quantitative estimate of drug-likeness (QED) is 0.727. The zero-order valence-corrected chi connectivity index (χ0v) is 18.6. The molecule has 0 radical (unpaired) electrons. The normalized spacial score (nSPS) is 18.5. The Labute approximate surface area is 178 Å². The third-order valence-corrected chi connectivity index (χ3v) is 5.77. The first-order chi connectivity index (χ1) is 14.2. The second-order valence-corrected chi connectivity index (χ2v) is 8.74. The largest absolute Gasteiger partial charge is 0.366 e. The van der Waals surface area contributed by atoms with Crippen molar-refractivity contribution in [2.75, 3.05) is 39.0 Å². The van der Waals surface area contributed by atoms with Crippen LogP contribution in [-0.2, 0) is 14.4 Å². The fraction of sp³-hybridized carbons (Fsp3) is 0.522. The SMILES string of the molecule is CC(=O)Nc1ccc(C2=C(N(C)C3CCN(C)CC3)C(=O)N(CC(C)C)C2=O)cc1. The van der Waals surface area contributed by atoms with Crippen LogP contribution in [0.25, 0.3) is 5.57 Å². The molecule has 2 aliphatic heterocycles. The monoisotopic (exact) mass is 412 g/mol. The maximum absolute atomic E-state index is 13.3. The number of likely N-dealkylation sites (tertiary alicyclic amines) is 1. The molecule has 2 aliphatic rings. The van der Waals surface area contributed by atoms with Gasteiger partial charge in [0, 0.05) is 32.2 Å². The van der Waals surface area contributed by atoms with Crippen LogP contribution in [0.4, 0.5) is 5.69 Å². The number of hydrogen-bond acceptors (Lipinski definition) is 5. The number of benzene rings is 1. The molecule has 2 heterocycles. The van der Waals surface area contributed by atoms with E-state index in [1.54, 1.807) is 24.3 Å². The predicted molar refractivity (Wildman–Crippen MR) is 118 cm³/mol. The minimum absolute atomic E-state index is 0.153. The topological polar surface area (TPSA) is 73.0 Å². The highest BCUT2D eigenvalue weighted by Crippen LogP contribution is 2.34. The van der Waals surface area contributed by atoms with Gasteiger partial charge in [0.05, 0.1) is 5.57 Å². The summed E-state index contributed by atoms with van der Waals surface area (Å²) in [6.45, 7) is 7.80. The minimum atomic E-state index is -0.240. The van der Waals surface area contributed by atoms with Gasteiger partial charge >= 0.3 is 0 Å². The van der Waals surface area contributed by atoms with Crippen molar-refractivity contribution in [3.05, 3.63) is 35.5 Å². The maximum Gasteiger partial charge on any atom is 0.277 e. The number of anilines is 1. The lowest BCUT2D eigenvalue weighted by Crippen LogP contribution is -2.44. The van der Waals surface area contributed by atoms with E-state index in [0.29, 0.717) is 29.1 Å². The summed E-state index contributed by atoms with van der Waals surface area (Å²) in [4.78, 5) is 43.6. The van der Waals surface area contributed by atoms with Crippen LogP contribution in [0.1, 0.15) is 39.2 Å². The van der Waals surface area contributed by atoms with Crippen LogP contribution in [0.5, 0.6) is 0 Å². The predicted octanol–water partition coefficient (Wildman–Crippen LogP) is 2.41. The lowest BCUT2D eigenvalue weighted by Gasteiger charge is -2.36. The van der Waals surface area contributed by atoms with Crippen LogP contribution in [0, 0.1) is 5.92 Å². The molecule has 0 unspecified atom stereocenters. The maximum atomic E-state index is 13.3. The van der Waals surface area contributed by atoms with Crippen LogP contribution in [-0.4, -0.2) is 72.2 Å². The van der Waals surface area contributed by atoms with E-state index in [1.807, 2.05) is 25.8 Å². The van der Waals surface area contributed by atoms with Crippen molar-refractivity contribution < 1.29 is 14.4 Å². The summed E-state index contributed by atoms with van der Waals surface area (Å²) >= 11 is 0. The zero-order chi connectivity index (χ0) is 22.0. The number of hydrogen-bond donors (Lipinski definition) is 1. The molecule has 1 saturated heterocycles. The highest BCUT2D eigenvalue weighted by Gasteiger charge is 2.42. The number of carbonyl (C=O) groups excluding carboxylic acids is 3.